The van der Waals surface area contributed by atoms with Crippen molar-refractivity contribution in [3.8, 4) is 0 Å². The first kappa shape index (κ1) is 22.8. The lowest BCUT2D eigenvalue weighted by Crippen LogP contribution is -2.21. The topological polar surface area (TPSA) is 73.2 Å². The highest BCUT2D eigenvalue weighted by atomic mass is 35.5. The largest absolute Gasteiger partial charge is 0.455 e. The van der Waals surface area contributed by atoms with E-state index in [-0.39, 0.29) is 11.6 Å². The second kappa shape index (κ2) is 10.5. The summed E-state index contributed by atoms with van der Waals surface area (Å²) in [4.78, 5) is 28.8. The number of hydrogen-bond acceptors (Lipinski definition) is 5. The van der Waals surface area contributed by atoms with Gasteiger partial charge in [0.05, 0.1) is 23.3 Å². The molecule has 0 aliphatic heterocycles. The first-order valence-corrected chi connectivity index (χ1v) is 11.4. The summed E-state index contributed by atoms with van der Waals surface area (Å²) < 4.78 is 20.3. The van der Waals surface area contributed by atoms with Crippen LogP contribution in [0.4, 0.5) is 10.1 Å². The van der Waals surface area contributed by atoms with E-state index in [1.54, 1.807) is 36.4 Å². The van der Waals surface area contributed by atoms with Crippen molar-refractivity contribution in [1.29, 1.82) is 0 Å². The van der Waals surface area contributed by atoms with E-state index in [0.29, 0.717) is 22.4 Å². The molecule has 4 aromatic rings. The van der Waals surface area contributed by atoms with Crippen molar-refractivity contribution in [3.05, 3.63) is 89.2 Å². The van der Waals surface area contributed by atoms with E-state index in [9.17, 15) is 14.0 Å². The molecule has 9 heteroatoms. The number of ether oxygens (including phenoxy) is 1. The van der Waals surface area contributed by atoms with Gasteiger partial charge >= 0.3 is 5.97 Å². The number of fused-ring (bicyclic) bond motifs is 1. The number of carbonyl (C=O) groups is 2. The number of carbonyl (C=O) groups excluding carboxylic acids is 2. The minimum absolute atomic E-state index is 0.0129. The fraction of sp³-hybridized carbons (Fsp3) is 0.125. The summed E-state index contributed by atoms with van der Waals surface area (Å²) in [5, 5.41) is 3.82. The minimum atomic E-state index is -0.536. The molecule has 1 aromatic heterocycles. The number of hydrogen-bond donors (Lipinski definition) is 1. The van der Waals surface area contributed by atoms with Crippen molar-refractivity contribution in [2.24, 2.45) is 0 Å². The van der Waals surface area contributed by atoms with Gasteiger partial charge in [0.15, 0.2) is 11.8 Å². The lowest BCUT2D eigenvalue weighted by Gasteiger charge is -2.10. The molecule has 6 nitrogen and oxygen atoms in total. The van der Waals surface area contributed by atoms with E-state index in [2.05, 4.69) is 10.3 Å². The molecule has 168 valence electrons. The summed E-state index contributed by atoms with van der Waals surface area (Å²) in [5.74, 6) is -1.29. The van der Waals surface area contributed by atoms with E-state index in [1.807, 2.05) is 28.8 Å². The van der Waals surface area contributed by atoms with Crippen LogP contribution in [0.5, 0.6) is 0 Å². The van der Waals surface area contributed by atoms with Crippen LogP contribution < -0.4 is 5.32 Å². The average Bonchev–Trinajstić information content (AvgIpc) is 3.16. The second-order valence-corrected chi connectivity index (χ2v) is 8.48. The zero-order valence-electron chi connectivity index (χ0n) is 17.3. The second-order valence-electron chi connectivity index (χ2n) is 7.10. The van der Waals surface area contributed by atoms with Crippen LogP contribution >= 0.6 is 23.4 Å². The van der Waals surface area contributed by atoms with Gasteiger partial charge in [-0.2, -0.15) is 0 Å². The molecule has 0 fully saturated rings. The number of nitrogens with zero attached hydrogens (tertiary/aromatic N) is 2. The van der Waals surface area contributed by atoms with Crippen molar-refractivity contribution in [3.63, 3.8) is 0 Å². The molecule has 0 spiro atoms. The highest BCUT2D eigenvalue weighted by Crippen LogP contribution is 2.25. The number of amides is 1. The normalized spacial score (nSPS) is 10.8. The van der Waals surface area contributed by atoms with Gasteiger partial charge in [0, 0.05) is 10.7 Å². The summed E-state index contributed by atoms with van der Waals surface area (Å²) in [5.41, 5.74) is 3.16. The van der Waals surface area contributed by atoms with Crippen LogP contribution in [0.25, 0.3) is 11.0 Å². The molecule has 0 atom stereocenters. The Hall–Kier alpha value is -3.36. The zero-order chi connectivity index (χ0) is 23.2. The number of anilines is 1. The monoisotopic (exact) mass is 483 g/mol. The first-order chi connectivity index (χ1) is 16.0. The maximum atomic E-state index is 13.3. The third-order valence-electron chi connectivity index (χ3n) is 4.68. The standard InChI is InChI=1S/C24H19ClFN3O3S/c25-17-7-11-19(12-8-17)27-22(30)14-32-23(31)15-33-24-28-20-3-1-2-4-21(20)29(24)13-16-5-9-18(26)10-6-16/h1-12H,13-15H2,(H,27,30). The molecule has 0 aliphatic rings. The van der Waals surface area contributed by atoms with Crippen LogP contribution in [-0.4, -0.2) is 33.8 Å². The molecule has 33 heavy (non-hydrogen) atoms. The maximum Gasteiger partial charge on any atom is 0.316 e. The maximum absolute atomic E-state index is 13.3. The lowest BCUT2D eigenvalue weighted by atomic mass is 10.2. The molecule has 1 amide bonds. The van der Waals surface area contributed by atoms with Crippen molar-refractivity contribution in [2.45, 2.75) is 11.7 Å². The Morgan fingerprint density at radius 1 is 1.03 bits per heavy atom. The van der Waals surface area contributed by atoms with E-state index in [0.717, 1.165) is 16.6 Å². The van der Waals surface area contributed by atoms with Crippen molar-refractivity contribution in [2.75, 3.05) is 17.7 Å². The SMILES string of the molecule is O=C(COC(=O)CSc1nc2ccccc2n1Cc1ccc(F)cc1)Nc1ccc(Cl)cc1. The smallest absolute Gasteiger partial charge is 0.316 e. The van der Waals surface area contributed by atoms with Gasteiger partial charge in [-0.3, -0.25) is 9.59 Å². The predicted octanol–water partition coefficient (Wildman–Crippen LogP) is 5.15. The average molecular weight is 484 g/mol. The molecule has 0 saturated carbocycles. The van der Waals surface area contributed by atoms with Crippen molar-refractivity contribution in [1.82, 2.24) is 9.55 Å². The summed E-state index contributed by atoms with van der Waals surface area (Å²) in [6, 6.07) is 20.5. The quantitative estimate of drug-likeness (QED) is 0.277. The number of imidazole rings is 1. The van der Waals surface area contributed by atoms with Crippen molar-refractivity contribution >= 4 is 52.0 Å². The number of benzene rings is 3. The fourth-order valence-electron chi connectivity index (χ4n) is 3.13. The highest BCUT2D eigenvalue weighted by molar-refractivity contribution is 7.99. The molecule has 1 N–H and O–H groups in total. The van der Waals surface area contributed by atoms with Gasteiger partial charge in [-0.25, -0.2) is 9.37 Å². The summed E-state index contributed by atoms with van der Waals surface area (Å²) in [6.07, 6.45) is 0. The van der Waals surface area contributed by atoms with Crippen LogP contribution in [-0.2, 0) is 20.9 Å². The molecule has 0 aliphatic carbocycles. The fourth-order valence-corrected chi connectivity index (χ4v) is 4.07. The number of rotatable bonds is 8. The molecule has 0 saturated heterocycles. The minimum Gasteiger partial charge on any atom is -0.455 e. The molecule has 0 radical (unpaired) electrons. The van der Waals surface area contributed by atoms with Gasteiger partial charge in [0.25, 0.3) is 5.91 Å². The number of para-hydroxylation sites is 2. The van der Waals surface area contributed by atoms with E-state index in [1.165, 1.54) is 23.9 Å². The summed E-state index contributed by atoms with van der Waals surface area (Å²) in [7, 11) is 0. The van der Waals surface area contributed by atoms with Crippen LogP contribution in [0, 0.1) is 5.82 Å². The molecule has 0 unspecified atom stereocenters. The van der Waals surface area contributed by atoms with Crippen LogP contribution in [0.1, 0.15) is 5.56 Å². The Morgan fingerprint density at radius 2 is 1.76 bits per heavy atom. The van der Waals surface area contributed by atoms with Gasteiger partial charge < -0.3 is 14.6 Å². The number of thioether (sulfide) groups is 1. The highest BCUT2D eigenvalue weighted by Gasteiger charge is 2.15. The summed E-state index contributed by atoms with van der Waals surface area (Å²) >= 11 is 7.04. The Bertz CT molecular complexity index is 1280. The molecule has 4 rings (SSSR count). The third-order valence-corrected chi connectivity index (χ3v) is 5.89. The van der Waals surface area contributed by atoms with Crippen molar-refractivity contribution < 1.29 is 18.7 Å². The van der Waals surface area contributed by atoms with Crippen LogP contribution in [0.3, 0.4) is 0 Å². The molecule has 3 aromatic carbocycles. The van der Waals surface area contributed by atoms with Crippen LogP contribution in [0.15, 0.2) is 78.0 Å². The van der Waals surface area contributed by atoms with Gasteiger partial charge in [-0.15, -0.1) is 0 Å². The zero-order valence-corrected chi connectivity index (χ0v) is 18.9. The van der Waals surface area contributed by atoms with Gasteiger partial charge in [-0.05, 0) is 54.1 Å². The number of nitrogens with one attached hydrogen (secondary N) is 1. The number of esters is 1. The summed E-state index contributed by atoms with van der Waals surface area (Å²) in [6.45, 7) is 0.0791. The number of aromatic nitrogens is 2. The van der Waals surface area contributed by atoms with Crippen LogP contribution in [0.2, 0.25) is 5.02 Å². The molecular weight excluding hydrogens is 465 g/mol. The first-order valence-electron chi connectivity index (χ1n) is 10.0. The van der Waals surface area contributed by atoms with E-state index in [4.69, 9.17) is 16.3 Å². The van der Waals surface area contributed by atoms with E-state index >= 15 is 0 Å². The van der Waals surface area contributed by atoms with Gasteiger partial charge in [0.2, 0.25) is 0 Å². The van der Waals surface area contributed by atoms with Gasteiger partial charge in [0.1, 0.15) is 5.82 Å². The Morgan fingerprint density at radius 3 is 2.52 bits per heavy atom. The number of halogens is 2. The van der Waals surface area contributed by atoms with E-state index < -0.39 is 18.5 Å². The predicted molar refractivity (Wildman–Crippen MR) is 127 cm³/mol. The molecule has 0 bridgehead atoms. The Balaban J connectivity index is 1.37. The lowest BCUT2D eigenvalue weighted by molar-refractivity contribution is -0.144. The Labute approximate surface area is 198 Å². The molecule has 1 heterocycles. The van der Waals surface area contributed by atoms with Gasteiger partial charge in [-0.1, -0.05) is 47.6 Å². The molecular formula is C24H19ClFN3O3S. The Kier molecular flexibility index (Phi) is 7.26. The third kappa shape index (κ3) is 6.12.